The quantitative estimate of drug-likeness (QED) is 0.868. The number of halogens is 2. The number of hydrogen-bond acceptors (Lipinski definition) is 3. The highest BCUT2D eigenvalue weighted by Crippen LogP contribution is 2.38. The van der Waals surface area contributed by atoms with Crippen LogP contribution in [0.5, 0.6) is 0 Å². The fraction of sp³-hybridized carbons (Fsp3) is 0.357. The fourth-order valence-corrected chi connectivity index (χ4v) is 4.27. The van der Waals surface area contributed by atoms with E-state index in [4.69, 9.17) is 28.2 Å². The van der Waals surface area contributed by atoms with Crippen LogP contribution in [-0.2, 0) is 6.42 Å². The summed E-state index contributed by atoms with van der Waals surface area (Å²) in [6, 6.07) is 6.03. The zero-order chi connectivity index (χ0) is 13.4. The lowest BCUT2D eigenvalue weighted by atomic mass is 9.98. The Kier molecular flexibility index (Phi) is 3.81. The zero-order valence-electron chi connectivity index (χ0n) is 10.5. The first-order chi connectivity index (χ1) is 9.17. The van der Waals surface area contributed by atoms with Crippen LogP contribution in [0.4, 0.5) is 0 Å². The molecule has 1 aliphatic carbocycles. The molecule has 3 rings (SSSR count). The fourth-order valence-electron chi connectivity index (χ4n) is 2.50. The molecule has 0 fully saturated rings. The van der Waals surface area contributed by atoms with E-state index in [9.17, 15) is 0 Å². The number of nitrogens with zero attached hydrogens (tertiary/aromatic N) is 1. The molecule has 100 valence electrons. The molecule has 5 heteroatoms. The minimum Gasteiger partial charge on any atom is -0.312 e. The molecule has 0 radical (unpaired) electrons. The van der Waals surface area contributed by atoms with E-state index in [1.165, 1.54) is 23.4 Å². The summed E-state index contributed by atoms with van der Waals surface area (Å²) in [6.45, 7) is 0. The van der Waals surface area contributed by atoms with Crippen LogP contribution in [0.1, 0.15) is 29.5 Å². The van der Waals surface area contributed by atoms with Gasteiger partial charge in [0.1, 0.15) is 5.01 Å². The molecule has 2 nitrogen and oxygen atoms in total. The van der Waals surface area contributed by atoms with Crippen LogP contribution in [0.3, 0.4) is 0 Å². The van der Waals surface area contributed by atoms with Crippen LogP contribution in [0.2, 0.25) is 10.0 Å². The number of aromatic nitrogens is 1. The number of hydrogen-bond donors (Lipinski definition) is 1. The van der Waals surface area contributed by atoms with Crippen molar-refractivity contribution in [1.29, 1.82) is 0 Å². The predicted molar refractivity (Wildman–Crippen MR) is 82.3 cm³/mol. The van der Waals surface area contributed by atoms with Crippen molar-refractivity contribution in [2.45, 2.75) is 25.3 Å². The third-order valence-corrected chi connectivity index (χ3v) is 5.11. The maximum atomic E-state index is 6.06. The molecule has 19 heavy (non-hydrogen) atoms. The Morgan fingerprint density at radius 1 is 1.26 bits per heavy atom. The lowest BCUT2D eigenvalue weighted by Crippen LogP contribution is -2.19. The third-order valence-electron chi connectivity index (χ3n) is 3.41. The highest BCUT2D eigenvalue weighted by molar-refractivity contribution is 7.15. The molecular weight excluding hydrogens is 299 g/mol. The number of rotatable bonds is 2. The van der Waals surface area contributed by atoms with E-state index in [0.717, 1.165) is 17.0 Å². The summed E-state index contributed by atoms with van der Waals surface area (Å²) < 4.78 is 0. The Morgan fingerprint density at radius 2 is 2.00 bits per heavy atom. The van der Waals surface area contributed by atoms with Crippen LogP contribution < -0.4 is 5.32 Å². The van der Waals surface area contributed by atoms with Gasteiger partial charge in [0, 0.05) is 26.5 Å². The monoisotopic (exact) mass is 312 g/mol. The molecule has 2 aromatic rings. The molecule has 0 spiro atoms. The van der Waals surface area contributed by atoms with Gasteiger partial charge in [0.25, 0.3) is 0 Å². The van der Waals surface area contributed by atoms with Crippen molar-refractivity contribution in [2.24, 2.45) is 0 Å². The largest absolute Gasteiger partial charge is 0.312 e. The summed E-state index contributed by atoms with van der Waals surface area (Å²) in [5, 5.41) is 5.68. The SMILES string of the molecule is CNC1CCCc2nc(-c3cc(Cl)cc(Cl)c3)sc21. The molecule has 1 aromatic heterocycles. The van der Waals surface area contributed by atoms with Gasteiger partial charge in [-0.2, -0.15) is 0 Å². The van der Waals surface area contributed by atoms with Gasteiger partial charge in [-0.1, -0.05) is 23.2 Å². The minimum absolute atomic E-state index is 0.435. The maximum absolute atomic E-state index is 6.06. The molecule has 0 bridgehead atoms. The van der Waals surface area contributed by atoms with Crippen LogP contribution in [0, 0.1) is 0 Å². The highest BCUT2D eigenvalue weighted by atomic mass is 35.5. The van der Waals surface area contributed by atoms with Crippen LogP contribution in [0.25, 0.3) is 10.6 Å². The Labute approximate surface area is 126 Å². The van der Waals surface area contributed by atoms with E-state index in [1.54, 1.807) is 17.4 Å². The van der Waals surface area contributed by atoms with Crippen molar-refractivity contribution in [3.05, 3.63) is 38.8 Å². The van der Waals surface area contributed by atoms with Crippen LogP contribution >= 0.6 is 34.5 Å². The molecule has 1 atom stereocenters. The Balaban J connectivity index is 2.04. The lowest BCUT2D eigenvalue weighted by molar-refractivity contribution is 0.501. The van der Waals surface area contributed by atoms with Gasteiger partial charge in [-0.3, -0.25) is 0 Å². The zero-order valence-corrected chi connectivity index (χ0v) is 12.9. The molecule has 1 aromatic carbocycles. The standard InChI is InChI=1S/C14H14Cl2N2S/c1-17-11-3-2-4-12-13(11)19-14(18-12)8-5-9(15)7-10(16)6-8/h5-7,11,17H,2-4H2,1H3. The molecule has 0 saturated carbocycles. The van der Waals surface area contributed by atoms with E-state index in [1.807, 2.05) is 19.2 Å². The average molecular weight is 313 g/mol. The molecule has 0 amide bonds. The van der Waals surface area contributed by atoms with Gasteiger partial charge in [0.2, 0.25) is 0 Å². The number of nitrogens with one attached hydrogen (secondary N) is 1. The Morgan fingerprint density at radius 3 is 2.68 bits per heavy atom. The van der Waals surface area contributed by atoms with E-state index in [0.29, 0.717) is 16.1 Å². The number of benzene rings is 1. The molecular formula is C14H14Cl2N2S. The van der Waals surface area contributed by atoms with Crippen molar-refractivity contribution >= 4 is 34.5 Å². The lowest BCUT2D eigenvalue weighted by Gasteiger charge is -2.19. The van der Waals surface area contributed by atoms with Gasteiger partial charge in [0.15, 0.2) is 0 Å². The van der Waals surface area contributed by atoms with Crippen molar-refractivity contribution < 1.29 is 0 Å². The van der Waals surface area contributed by atoms with E-state index >= 15 is 0 Å². The average Bonchev–Trinajstić information content (AvgIpc) is 2.81. The molecule has 1 aliphatic rings. The topological polar surface area (TPSA) is 24.9 Å². The van der Waals surface area contributed by atoms with Gasteiger partial charge >= 0.3 is 0 Å². The smallest absolute Gasteiger partial charge is 0.124 e. The Hall–Kier alpha value is -0.610. The summed E-state index contributed by atoms with van der Waals surface area (Å²) in [6.07, 6.45) is 3.44. The molecule has 0 aliphatic heterocycles. The van der Waals surface area contributed by atoms with Gasteiger partial charge < -0.3 is 5.32 Å². The van der Waals surface area contributed by atoms with Gasteiger partial charge in [0.05, 0.1) is 5.69 Å². The maximum Gasteiger partial charge on any atom is 0.124 e. The number of aryl methyl sites for hydroxylation is 1. The van der Waals surface area contributed by atoms with Gasteiger partial charge in [-0.05, 0) is 44.5 Å². The highest BCUT2D eigenvalue weighted by Gasteiger charge is 2.23. The minimum atomic E-state index is 0.435. The first-order valence-corrected chi connectivity index (χ1v) is 7.88. The van der Waals surface area contributed by atoms with Gasteiger partial charge in [-0.15, -0.1) is 11.3 Å². The van der Waals surface area contributed by atoms with Gasteiger partial charge in [-0.25, -0.2) is 4.98 Å². The van der Waals surface area contributed by atoms with E-state index in [-0.39, 0.29) is 0 Å². The molecule has 1 heterocycles. The second-order valence-electron chi connectivity index (χ2n) is 4.72. The normalized spacial score (nSPS) is 18.4. The van der Waals surface area contributed by atoms with Crippen LogP contribution in [-0.4, -0.2) is 12.0 Å². The Bertz CT molecular complexity index is 589. The summed E-state index contributed by atoms with van der Waals surface area (Å²) in [5.41, 5.74) is 2.23. The molecule has 1 N–H and O–H groups in total. The van der Waals surface area contributed by atoms with Crippen molar-refractivity contribution in [3.63, 3.8) is 0 Å². The number of thiazole rings is 1. The first kappa shape index (κ1) is 13.4. The van der Waals surface area contributed by atoms with Crippen molar-refractivity contribution in [1.82, 2.24) is 10.3 Å². The second kappa shape index (κ2) is 5.41. The summed E-state index contributed by atoms with van der Waals surface area (Å²) >= 11 is 13.9. The second-order valence-corrected chi connectivity index (χ2v) is 6.63. The summed E-state index contributed by atoms with van der Waals surface area (Å²) in [5.74, 6) is 0. The van der Waals surface area contributed by atoms with E-state index < -0.39 is 0 Å². The van der Waals surface area contributed by atoms with Crippen molar-refractivity contribution in [3.8, 4) is 10.6 Å². The van der Waals surface area contributed by atoms with Crippen molar-refractivity contribution in [2.75, 3.05) is 7.05 Å². The summed E-state index contributed by atoms with van der Waals surface area (Å²) in [7, 11) is 2.01. The predicted octanol–water partition coefficient (Wildman–Crippen LogP) is 4.71. The molecule has 1 unspecified atom stereocenters. The summed E-state index contributed by atoms with van der Waals surface area (Å²) in [4.78, 5) is 6.12. The first-order valence-electron chi connectivity index (χ1n) is 6.30. The van der Waals surface area contributed by atoms with E-state index in [2.05, 4.69) is 5.32 Å². The van der Waals surface area contributed by atoms with Crippen LogP contribution in [0.15, 0.2) is 18.2 Å². The third kappa shape index (κ3) is 2.65. The molecule has 0 saturated heterocycles. The number of fused-ring (bicyclic) bond motifs is 1.